The van der Waals surface area contributed by atoms with Crippen molar-refractivity contribution in [1.29, 1.82) is 0 Å². The molecule has 5 heteroatoms. The summed E-state index contributed by atoms with van der Waals surface area (Å²) in [4.78, 5) is 0. The van der Waals surface area contributed by atoms with E-state index in [-0.39, 0.29) is 5.22 Å². The van der Waals surface area contributed by atoms with Gasteiger partial charge in [-0.25, -0.2) is 0 Å². The lowest BCUT2D eigenvalue weighted by Gasteiger charge is -2.37. The fraction of sp³-hybridized carbons (Fsp3) is 1.00. The number of rotatable bonds is 7. The first-order chi connectivity index (χ1) is 6.56. The van der Waals surface area contributed by atoms with Crippen LogP contribution in [-0.4, -0.2) is 37.8 Å². The van der Waals surface area contributed by atoms with Gasteiger partial charge < -0.3 is 13.3 Å². The molecular formula is C9H24O3Si2. The molecule has 0 aromatic rings. The largest absolute Gasteiger partial charge is 0.413 e. The Bertz CT molecular complexity index is 145. The first-order valence-electron chi connectivity index (χ1n) is 5.29. The smallest absolute Gasteiger partial charge is 0.352 e. The van der Waals surface area contributed by atoms with Crippen molar-refractivity contribution in [2.45, 2.75) is 45.0 Å². The van der Waals surface area contributed by atoms with Crippen LogP contribution in [0.25, 0.3) is 0 Å². The molecule has 0 aliphatic carbocycles. The molecular weight excluding hydrogens is 212 g/mol. The lowest BCUT2D eigenvalue weighted by molar-refractivity contribution is 0.0829. The minimum Gasteiger partial charge on any atom is -0.413 e. The topological polar surface area (TPSA) is 27.7 Å². The maximum absolute atomic E-state index is 6.13. The Morgan fingerprint density at radius 1 is 1.00 bits per heavy atom. The summed E-state index contributed by atoms with van der Waals surface area (Å²) in [5, 5.41) is -0.121. The van der Waals surface area contributed by atoms with E-state index >= 15 is 0 Å². The second-order valence-electron chi connectivity index (χ2n) is 3.74. The Balaban J connectivity index is 4.65. The van der Waals surface area contributed by atoms with E-state index in [2.05, 4.69) is 26.9 Å². The number of hydrogen-bond donors (Lipinski definition) is 0. The van der Waals surface area contributed by atoms with Crippen molar-refractivity contribution < 1.29 is 13.3 Å². The van der Waals surface area contributed by atoms with Crippen LogP contribution in [0.3, 0.4) is 0 Å². The maximum Gasteiger partial charge on any atom is 0.352 e. The van der Waals surface area contributed by atoms with Crippen LogP contribution in [-0.2, 0) is 13.3 Å². The van der Waals surface area contributed by atoms with E-state index in [1.54, 1.807) is 14.2 Å². The predicted octanol–water partition coefficient (Wildman–Crippen LogP) is 1.60. The molecule has 0 spiro atoms. The van der Waals surface area contributed by atoms with Crippen LogP contribution in [0.5, 0.6) is 0 Å². The van der Waals surface area contributed by atoms with Crippen LogP contribution < -0.4 is 0 Å². The maximum atomic E-state index is 6.13. The second kappa shape index (κ2) is 6.73. The van der Waals surface area contributed by atoms with Gasteiger partial charge in [-0.05, 0) is 25.9 Å². The van der Waals surface area contributed by atoms with Crippen LogP contribution in [0, 0.1) is 0 Å². The Labute approximate surface area is 91.3 Å². The number of hydrogen-bond acceptors (Lipinski definition) is 3. The third-order valence-electron chi connectivity index (χ3n) is 2.53. The molecule has 0 saturated heterocycles. The van der Waals surface area contributed by atoms with Gasteiger partial charge in [0.1, 0.15) is 0 Å². The van der Waals surface area contributed by atoms with Gasteiger partial charge in [-0.3, -0.25) is 0 Å². The zero-order valence-electron chi connectivity index (χ0n) is 10.3. The molecule has 0 fully saturated rings. The van der Waals surface area contributed by atoms with Crippen molar-refractivity contribution in [2.75, 3.05) is 14.2 Å². The summed E-state index contributed by atoms with van der Waals surface area (Å²) in [6, 6.07) is 0. The van der Waals surface area contributed by atoms with Gasteiger partial charge in [-0.15, -0.1) is 0 Å². The van der Waals surface area contributed by atoms with Crippen molar-refractivity contribution in [2.24, 2.45) is 0 Å². The van der Waals surface area contributed by atoms with Crippen molar-refractivity contribution in [1.82, 2.24) is 0 Å². The summed E-state index contributed by atoms with van der Waals surface area (Å²) in [7, 11) is 0.729. The molecule has 0 amide bonds. The van der Waals surface area contributed by atoms with Crippen LogP contribution >= 0.6 is 0 Å². The van der Waals surface area contributed by atoms with E-state index in [1.165, 1.54) is 0 Å². The van der Waals surface area contributed by atoms with Gasteiger partial charge >= 0.3 is 9.28 Å². The highest BCUT2D eigenvalue weighted by atomic mass is 28.3. The molecule has 0 aromatic heterocycles. The SMILES string of the molecule is CCC(CC)(O[SiH](C)C)[SiH](OC)OC. The molecule has 0 aliphatic rings. The highest BCUT2D eigenvalue weighted by Crippen LogP contribution is 2.25. The third-order valence-corrected chi connectivity index (χ3v) is 6.41. The quantitative estimate of drug-likeness (QED) is 0.629. The van der Waals surface area contributed by atoms with Gasteiger partial charge in [0.25, 0.3) is 0 Å². The van der Waals surface area contributed by atoms with Gasteiger partial charge in [0.05, 0.1) is 5.22 Å². The first kappa shape index (κ1) is 14.3. The second-order valence-corrected chi connectivity index (χ2v) is 8.73. The normalized spacial score (nSPS) is 12.9. The molecule has 0 aromatic carbocycles. The standard InChI is InChI=1S/C9H24O3Si2/c1-7-9(8-2,12-13(5)6)14(10-3)11-4/h13-14H,7-8H2,1-6H3. The van der Waals surface area contributed by atoms with Gasteiger partial charge in [-0.2, -0.15) is 0 Å². The van der Waals surface area contributed by atoms with Crippen molar-refractivity contribution in [3.05, 3.63) is 0 Å². The highest BCUT2D eigenvalue weighted by molar-refractivity contribution is 6.53. The minimum atomic E-state index is -1.69. The zero-order valence-corrected chi connectivity index (χ0v) is 12.6. The average Bonchev–Trinajstić information content (AvgIpc) is 2.17. The summed E-state index contributed by atoms with van der Waals surface area (Å²) in [6.07, 6.45) is 1.96. The zero-order chi connectivity index (χ0) is 11.2. The molecule has 0 saturated carbocycles. The summed E-state index contributed by atoms with van der Waals surface area (Å²) in [5.41, 5.74) is 0. The predicted molar refractivity (Wildman–Crippen MR) is 64.4 cm³/mol. The van der Waals surface area contributed by atoms with E-state index in [0.29, 0.717) is 0 Å². The van der Waals surface area contributed by atoms with Crippen LogP contribution in [0.1, 0.15) is 26.7 Å². The molecule has 0 bridgehead atoms. The van der Waals surface area contributed by atoms with Gasteiger partial charge in [0, 0.05) is 14.2 Å². The fourth-order valence-corrected chi connectivity index (χ4v) is 6.05. The molecule has 0 atom stereocenters. The van der Waals surface area contributed by atoms with Crippen LogP contribution in [0.15, 0.2) is 0 Å². The van der Waals surface area contributed by atoms with Crippen molar-refractivity contribution in [3.63, 3.8) is 0 Å². The lowest BCUT2D eigenvalue weighted by atomic mass is 10.2. The van der Waals surface area contributed by atoms with Crippen LogP contribution in [0.4, 0.5) is 0 Å². The Morgan fingerprint density at radius 2 is 1.43 bits per heavy atom. The Hall–Kier alpha value is 0.314. The summed E-state index contributed by atoms with van der Waals surface area (Å²) >= 11 is 0. The van der Waals surface area contributed by atoms with Gasteiger partial charge in [0.15, 0.2) is 9.04 Å². The lowest BCUT2D eigenvalue weighted by Crippen LogP contribution is -2.52. The molecule has 0 unspecified atom stereocenters. The monoisotopic (exact) mass is 236 g/mol. The van der Waals surface area contributed by atoms with Gasteiger partial charge in [0.2, 0.25) is 0 Å². The molecule has 0 radical (unpaired) electrons. The summed E-state index contributed by atoms with van der Waals surface area (Å²) < 4.78 is 17.1. The van der Waals surface area contributed by atoms with Gasteiger partial charge in [-0.1, -0.05) is 13.8 Å². The third kappa shape index (κ3) is 3.47. The molecule has 86 valence electrons. The van der Waals surface area contributed by atoms with E-state index in [9.17, 15) is 0 Å². The first-order valence-corrected chi connectivity index (χ1v) is 9.59. The van der Waals surface area contributed by atoms with Crippen molar-refractivity contribution >= 4 is 18.3 Å². The van der Waals surface area contributed by atoms with E-state index in [1.807, 2.05) is 0 Å². The molecule has 0 rings (SSSR count). The summed E-state index contributed by atoms with van der Waals surface area (Å²) in [6.45, 7) is 8.68. The molecule has 0 N–H and O–H groups in total. The van der Waals surface area contributed by atoms with E-state index in [0.717, 1.165) is 12.8 Å². The minimum absolute atomic E-state index is 0.121. The fourth-order valence-electron chi connectivity index (χ4n) is 1.80. The molecule has 14 heavy (non-hydrogen) atoms. The van der Waals surface area contributed by atoms with Crippen LogP contribution in [0.2, 0.25) is 13.1 Å². The summed E-state index contributed by atoms with van der Waals surface area (Å²) in [5.74, 6) is 0. The Kier molecular flexibility index (Phi) is 6.89. The van der Waals surface area contributed by atoms with E-state index < -0.39 is 18.3 Å². The van der Waals surface area contributed by atoms with Crippen molar-refractivity contribution in [3.8, 4) is 0 Å². The Morgan fingerprint density at radius 3 is 1.64 bits per heavy atom. The van der Waals surface area contributed by atoms with E-state index in [4.69, 9.17) is 13.3 Å². The highest BCUT2D eigenvalue weighted by Gasteiger charge is 2.40. The molecule has 0 aliphatic heterocycles. The molecule has 0 heterocycles. The average molecular weight is 236 g/mol. The molecule has 3 nitrogen and oxygen atoms in total.